The summed E-state index contributed by atoms with van der Waals surface area (Å²) in [5, 5.41) is 1.72. The van der Waals surface area contributed by atoms with Crippen molar-refractivity contribution in [1.29, 1.82) is 0 Å². The fourth-order valence-electron chi connectivity index (χ4n) is 3.19. The molecule has 4 heterocycles. The maximum Gasteiger partial charge on any atom is 0.257 e. The molecule has 0 saturated heterocycles. The highest BCUT2D eigenvalue weighted by Gasteiger charge is 2.08. The van der Waals surface area contributed by atoms with Crippen molar-refractivity contribution in [2.45, 2.75) is 0 Å². The zero-order chi connectivity index (χ0) is 17.5. The van der Waals surface area contributed by atoms with Gasteiger partial charge in [-0.15, -0.1) is 0 Å². The largest absolute Gasteiger partial charge is 0.354 e. The number of nitrogens with one attached hydrogen (secondary N) is 2. The molecule has 5 aromatic rings. The molecule has 4 aromatic heterocycles. The summed E-state index contributed by atoms with van der Waals surface area (Å²) >= 11 is 0. The number of hydrogen-bond acceptors (Lipinski definition) is 3. The minimum atomic E-state index is -0.0991. The Hall–Kier alpha value is -3.73. The molecule has 0 aliphatic heterocycles. The predicted octanol–water partition coefficient (Wildman–Crippen LogP) is 4.13. The van der Waals surface area contributed by atoms with Gasteiger partial charge in [-0.3, -0.25) is 14.8 Å². The molecule has 5 heteroatoms. The normalized spacial score (nSPS) is 11.2. The third-order valence-corrected chi connectivity index (χ3v) is 4.51. The lowest BCUT2D eigenvalue weighted by molar-refractivity contribution is 1.27. The van der Waals surface area contributed by atoms with Gasteiger partial charge in [-0.1, -0.05) is 18.2 Å². The van der Waals surface area contributed by atoms with Crippen LogP contribution in [0.2, 0.25) is 0 Å². The molecule has 1 aromatic carbocycles. The second-order valence-electron chi connectivity index (χ2n) is 6.16. The van der Waals surface area contributed by atoms with E-state index in [0.29, 0.717) is 5.39 Å². The van der Waals surface area contributed by atoms with Gasteiger partial charge in [0.25, 0.3) is 5.56 Å². The summed E-state index contributed by atoms with van der Waals surface area (Å²) in [6, 6.07) is 17.8. The van der Waals surface area contributed by atoms with E-state index >= 15 is 0 Å². The van der Waals surface area contributed by atoms with Crippen LogP contribution in [0.25, 0.3) is 44.3 Å². The van der Waals surface area contributed by atoms with Crippen LogP contribution in [0.15, 0.2) is 78.0 Å². The number of nitrogens with zero attached hydrogens (tertiary/aromatic N) is 2. The van der Waals surface area contributed by atoms with E-state index in [9.17, 15) is 4.79 Å². The summed E-state index contributed by atoms with van der Waals surface area (Å²) < 4.78 is 0. The van der Waals surface area contributed by atoms with Gasteiger partial charge in [0.1, 0.15) is 0 Å². The molecule has 5 nitrogen and oxygen atoms in total. The molecule has 0 radical (unpaired) electrons. The molecule has 0 atom stereocenters. The SMILES string of the molecule is O=c1[nH]ccc2[nH]c(-c3ccnc(-c4cnc5ccccc5c4)c3)cc12. The van der Waals surface area contributed by atoms with E-state index in [-0.39, 0.29) is 5.56 Å². The topological polar surface area (TPSA) is 74.4 Å². The molecule has 0 bridgehead atoms. The summed E-state index contributed by atoms with van der Waals surface area (Å²) in [4.78, 5) is 26.9. The molecule has 0 spiro atoms. The van der Waals surface area contributed by atoms with E-state index in [4.69, 9.17) is 0 Å². The van der Waals surface area contributed by atoms with Gasteiger partial charge in [-0.25, -0.2) is 0 Å². The smallest absolute Gasteiger partial charge is 0.257 e. The van der Waals surface area contributed by atoms with E-state index in [2.05, 4.69) is 26.0 Å². The molecular formula is C21H14N4O. The number of fused-ring (bicyclic) bond motifs is 2. The fourth-order valence-corrected chi connectivity index (χ4v) is 3.19. The van der Waals surface area contributed by atoms with Gasteiger partial charge in [-0.2, -0.15) is 0 Å². The lowest BCUT2D eigenvalue weighted by atomic mass is 10.1. The zero-order valence-electron chi connectivity index (χ0n) is 13.7. The van der Waals surface area contributed by atoms with Gasteiger partial charge in [0, 0.05) is 40.8 Å². The first-order chi connectivity index (χ1) is 12.8. The first-order valence-corrected chi connectivity index (χ1v) is 8.30. The van der Waals surface area contributed by atoms with Crippen LogP contribution in [-0.2, 0) is 0 Å². The van der Waals surface area contributed by atoms with Gasteiger partial charge in [-0.05, 0) is 36.4 Å². The van der Waals surface area contributed by atoms with Crippen molar-refractivity contribution in [2.75, 3.05) is 0 Å². The molecule has 0 amide bonds. The van der Waals surface area contributed by atoms with Gasteiger partial charge < -0.3 is 9.97 Å². The average molecular weight is 338 g/mol. The number of aromatic amines is 2. The highest BCUT2D eigenvalue weighted by atomic mass is 16.1. The molecule has 0 fully saturated rings. The second kappa shape index (κ2) is 5.67. The van der Waals surface area contributed by atoms with E-state index in [1.165, 1.54) is 0 Å². The summed E-state index contributed by atoms with van der Waals surface area (Å²) in [6.45, 7) is 0. The molecular weight excluding hydrogens is 324 g/mol. The lowest BCUT2D eigenvalue weighted by Gasteiger charge is -2.05. The summed E-state index contributed by atoms with van der Waals surface area (Å²) in [7, 11) is 0. The number of rotatable bonds is 2. The Bertz CT molecular complexity index is 1320. The monoisotopic (exact) mass is 338 g/mol. The Kier molecular flexibility index (Phi) is 3.18. The maximum absolute atomic E-state index is 11.9. The van der Waals surface area contributed by atoms with Crippen molar-refractivity contribution >= 4 is 21.8 Å². The number of hydrogen-bond donors (Lipinski definition) is 2. The van der Waals surface area contributed by atoms with Crippen LogP contribution in [0.4, 0.5) is 0 Å². The Balaban J connectivity index is 1.63. The van der Waals surface area contributed by atoms with Crippen LogP contribution in [0.3, 0.4) is 0 Å². The first-order valence-electron chi connectivity index (χ1n) is 8.30. The van der Waals surface area contributed by atoms with Crippen molar-refractivity contribution in [2.24, 2.45) is 0 Å². The highest BCUT2D eigenvalue weighted by Crippen LogP contribution is 2.27. The Morgan fingerprint density at radius 1 is 0.885 bits per heavy atom. The third-order valence-electron chi connectivity index (χ3n) is 4.51. The Labute approximate surface area is 148 Å². The fraction of sp³-hybridized carbons (Fsp3) is 0. The quantitative estimate of drug-likeness (QED) is 0.508. The van der Waals surface area contributed by atoms with Crippen molar-refractivity contribution in [3.05, 3.63) is 83.5 Å². The standard InChI is InChI=1S/C21H14N4O/c26-21-16-11-20(25-18(16)6-8-23-21)14-5-7-22-19(10-14)15-9-13-3-1-2-4-17(13)24-12-15/h1-12,25H,(H,23,26). The second-order valence-corrected chi connectivity index (χ2v) is 6.16. The minimum absolute atomic E-state index is 0.0991. The molecule has 0 unspecified atom stereocenters. The van der Waals surface area contributed by atoms with Crippen LogP contribution in [0, 0.1) is 0 Å². The Morgan fingerprint density at radius 2 is 1.81 bits per heavy atom. The molecule has 5 rings (SSSR count). The molecule has 2 N–H and O–H groups in total. The molecule has 0 saturated carbocycles. The van der Waals surface area contributed by atoms with Crippen molar-refractivity contribution in [3.8, 4) is 22.5 Å². The van der Waals surface area contributed by atoms with Crippen LogP contribution >= 0.6 is 0 Å². The number of pyridine rings is 3. The van der Waals surface area contributed by atoms with Crippen LogP contribution in [-0.4, -0.2) is 19.9 Å². The lowest BCUT2D eigenvalue weighted by Crippen LogP contribution is -2.02. The van der Waals surface area contributed by atoms with Gasteiger partial charge in [0.15, 0.2) is 0 Å². The molecule has 26 heavy (non-hydrogen) atoms. The number of H-pyrrole nitrogens is 2. The van der Waals surface area contributed by atoms with Crippen LogP contribution in [0.5, 0.6) is 0 Å². The van der Waals surface area contributed by atoms with Crippen molar-refractivity contribution < 1.29 is 0 Å². The summed E-state index contributed by atoms with van der Waals surface area (Å²) in [5.74, 6) is 0. The van der Waals surface area contributed by atoms with Crippen molar-refractivity contribution in [1.82, 2.24) is 19.9 Å². The van der Waals surface area contributed by atoms with E-state index in [0.717, 1.165) is 38.9 Å². The van der Waals surface area contributed by atoms with Crippen LogP contribution < -0.4 is 5.56 Å². The van der Waals surface area contributed by atoms with Crippen molar-refractivity contribution in [3.63, 3.8) is 0 Å². The Morgan fingerprint density at radius 3 is 2.73 bits per heavy atom. The number of aromatic nitrogens is 4. The van der Waals surface area contributed by atoms with Gasteiger partial charge in [0.2, 0.25) is 0 Å². The minimum Gasteiger partial charge on any atom is -0.354 e. The highest BCUT2D eigenvalue weighted by molar-refractivity contribution is 5.86. The molecule has 124 valence electrons. The van der Waals surface area contributed by atoms with E-state index in [1.54, 1.807) is 12.4 Å². The predicted molar refractivity (Wildman–Crippen MR) is 103 cm³/mol. The first kappa shape index (κ1) is 14.6. The third kappa shape index (κ3) is 2.38. The maximum atomic E-state index is 11.9. The summed E-state index contributed by atoms with van der Waals surface area (Å²) in [6.07, 6.45) is 5.25. The van der Waals surface area contributed by atoms with Gasteiger partial charge >= 0.3 is 0 Å². The zero-order valence-corrected chi connectivity index (χ0v) is 13.7. The van der Waals surface area contributed by atoms with E-state index < -0.39 is 0 Å². The van der Waals surface area contributed by atoms with Crippen LogP contribution in [0.1, 0.15) is 0 Å². The number of para-hydroxylation sites is 1. The summed E-state index contributed by atoms with van der Waals surface area (Å²) in [5.41, 5.74) is 5.33. The van der Waals surface area contributed by atoms with Gasteiger partial charge in [0.05, 0.1) is 22.1 Å². The van der Waals surface area contributed by atoms with E-state index in [1.807, 2.05) is 54.7 Å². The molecule has 0 aliphatic rings. The molecule has 0 aliphatic carbocycles. The number of benzene rings is 1. The average Bonchev–Trinajstić information content (AvgIpc) is 3.14.